The molecule has 0 radical (unpaired) electrons. The third-order valence-electron chi connectivity index (χ3n) is 6.78. The molecule has 1 aliphatic heterocycles. The molecule has 2 aromatic carbocycles. The first kappa shape index (κ1) is 26.9. The highest BCUT2D eigenvalue weighted by Gasteiger charge is 2.41. The van der Waals surface area contributed by atoms with Crippen molar-refractivity contribution in [3.8, 4) is 17.3 Å². The predicted molar refractivity (Wildman–Crippen MR) is 161 cm³/mol. The summed E-state index contributed by atoms with van der Waals surface area (Å²) in [5.74, 6) is -0.346. The van der Waals surface area contributed by atoms with E-state index in [0.717, 1.165) is 22.5 Å². The van der Waals surface area contributed by atoms with Gasteiger partial charge in [-0.15, -0.1) is 21.5 Å². The Balaban J connectivity index is 1.20. The van der Waals surface area contributed by atoms with Gasteiger partial charge < -0.3 is 11.1 Å². The summed E-state index contributed by atoms with van der Waals surface area (Å²) >= 11 is 3.88. The third kappa shape index (κ3) is 5.39. The number of nitrogens with one attached hydrogen (secondary N) is 1. The number of nitrogens with zero attached hydrogens (tertiary/aromatic N) is 5. The number of benzene rings is 2. The Kier molecular flexibility index (Phi) is 7.65. The van der Waals surface area contributed by atoms with E-state index < -0.39 is 5.92 Å². The first-order chi connectivity index (χ1) is 20.0. The standard InChI is InChI=1S/C29H23N7O2S3/c30-14-19-24(18-10-5-2-6-11-18)25-21(12-7-13-22(25)37)36(26(19)31)28-34-35-29(41-28)40-16-23(38)33-27-32-20(15-39-27)17-8-3-1-4-9-17/h1-6,8-11,15,24H,7,12-13,16,31H2,(H,32,33,38). The fourth-order valence-corrected chi connectivity index (χ4v) is 7.41. The van der Waals surface area contributed by atoms with Gasteiger partial charge in [0.2, 0.25) is 11.0 Å². The average molecular weight is 598 g/mol. The van der Waals surface area contributed by atoms with Gasteiger partial charge >= 0.3 is 0 Å². The lowest BCUT2D eigenvalue weighted by molar-refractivity contribution is -0.116. The maximum absolute atomic E-state index is 13.2. The lowest BCUT2D eigenvalue weighted by Crippen LogP contribution is -2.38. The number of anilines is 2. The molecule has 1 atom stereocenters. The molecule has 1 amide bonds. The van der Waals surface area contributed by atoms with Gasteiger partial charge in [0.05, 0.1) is 29.0 Å². The summed E-state index contributed by atoms with van der Waals surface area (Å²) in [4.78, 5) is 32.1. The van der Waals surface area contributed by atoms with Crippen molar-refractivity contribution in [1.29, 1.82) is 5.26 Å². The van der Waals surface area contributed by atoms with Crippen molar-refractivity contribution in [3.05, 3.63) is 94.3 Å². The molecule has 3 N–H and O–H groups in total. The van der Waals surface area contributed by atoms with E-state index in [9.17, 15) is 14.9 Å². The molecule has 1 unspecified atom stereocenters. The van der Waals surface area contributed by atoms with E-state index in [1.165, 1.54) is 34.4 Å². The highest BCUT2D eigenvalue weighted by atomic mass is 32.2. The normalized spacial score (nSPS) is 16.9. The Morgan fingerprint density at radius 1 is 1.12 bits per heavy atom. The minimum Gasteiger partial charge on any atom is -0.384 e. The number of carbonyl (C=O) groups excluding carboxylic acids is 2. The summed E-state index contributed by atoms with van der Waals surface area (Å²) in [6.45, 7) is 0. The first-order valence-electron chi connectivity index (χ1n) is 12.8. The lowest BCUT2D eigenvalue weighted by Gasteiger charge is -2.38. The number of thiazole rings is 1. The van der Waals surface area contributed by atoms with Crippen LogP contribution in [0.2, 0.25) is 0 Å². The van der Waals surface area contributed by atoms with Crippen LogP contribution in [0.3, 0.4) is 0 Å². The number of allylic oxidation sites excluding steroid dienone is 3. The molecule has 12 heteroatoms. The Morgan fingerprint density at radius 2 is 1.88 bits per heavy atom. The van der Waals surface area contributed by atoms with Crippen molar-refractivity contribution in [2.45, 2.75) is 29.5 Å². The zero-order valence-electron chi connectivity index (χ0n) is 21.6. The zero-order valence-corrected chi connectivity index (χ0v) is 24.1. The van der Waals surface area contributed by atoms with E-state index in [1.54, 1.807) is 4.90 Å². The summed E-state index contributed by atoms with van der Waals surface area (Å²) < 4.78 is 0.569. The van der Waals surface area contributed by atoms with Gasteiger partial charge in [-0.25, -0.2) is 4.98 Å². The van der Waals surface area contributed by atoms with Crippen molar-refractivity contribution in [2.24, 2.45) is 5.73 Å². The first-order valence-corrected chi connectivity index (χ1v) is 15.5. The molecule has 2 aromatic heterocycles. The van der Waals surface area contributed by atoms with Crippen molar-refractivity contribution in [1.82, 2.24) is 15.2 Å². The SMILES string of the molecule is N#CC1=C(N)N(c2nnc(SCC(=O)Nc3nc(-c4ccccc4)cs3)s2)C2=C(C(=O)CCC2)C1c1ccccc1. The van der Waals surface area contributed by atoms with Crippen LogP contribution in [0, 0.1) is 11.3 Å². The molecule has 0 bridgehead atoms. The van der Waals surface area contributed by atoms with Gasteiger partial charge in [0.1, 0.15) is 5.82 Å². The topological polar surface area (TPSA) is 138 Å². The fraction of sp³-hybridized carbons (Fsp3) is 0.172. The highest BCUT2D eigenvalue weighted by Crippen LogP contribution is 2.47. The number of thioether (sulfide) groups is 1. The van der Waals surface area contributed by atoms with Crippen LogP contribution >= 0.6 is 34.4 Å². The molecule has 0 saturated heterocycles. The van der Waals surface area contributed by atoms with Gasteiger partial charge in [0, 0.05) is 28.6 Å². The molecule has 1 aliphatic carbocycles. The summed E-state index contributed by atoms with van der Waals surface area (Å²) in [5.41, 5.74) is 10.9. The van der Waals surface area contributed by atoms with E-state index in [-0.39, 0.29) is 23.3 Å². The van der Waals surface area contributed by atoms with E-state index in [0.29, 0.717) is 45.0 Å². The number of rotatable bonds is 7. The van der Waals surface area contributed by atoms with Crippen molar-refractivity contribution < 1.29 is 9.59 Å². The number of Topliss-reactive ketones (excluding diaryl/α,β-unsaturated/α-hetero) is 1. The second kappa shape index (κ2) is 11.7. The largest absolute Gasteiger partial charge is 0.384 e. The summed E-state index contributed by atoms with van der Waals surface area (Å²) in [5, 5.41) is 24.5. The van der Waals surface area contributed by atoms with Gasteiger partial charge in [0.15, 0.2) is 15.3 Å². The molecule has 9 nitrogen and oxygen atoms in total. The number of ketones is 1. The number of aromatic nitrogens is 3. The Morgan fingerprint density at radius 3 is 2.63 bits per heavy atom. The quantitative estimate of drug-likeness (QED) is 0.257. The smallest absolute Gasteiger partial charge is 0.236 e. The molecule has 0 spiro atoms. The van der Waals surface area contributed by atoms with E-state index >= 15 is 0 Å². The molecular formula is C29H23N7O2S3. The number of carbonyl (C=O) groups is 2. The van der Waals surface area contributed by atoms with Gasteiger partial charge in [-0.1, -0.05) is 83.8 Å². The summed E-state index contributed by atoms with van der Waals surface area (Å²) in [6.07, 6.45) is 1.74. The molecule has 3 heterocycles. The van der Waals surface area contributed by atoms with Gasteiger partial charge in [-0.2, -0.15) is 5.26 Å². The van der Waals surface area contributed by atoms with Crippen LogP contribution in [0.1, 0.15) is 30.7 Å². The number of nitrogens with two attached hydrogens (primary N) is 1. The van der Waals surface area contributed by atoms with Crippen LogP contribution < -0.4 is 16.0 Å². The number of nitriles is 1. The molecule has 41 heavy (non-hydrogen) atoms. The number of amides is 1. The Bertz CT molecular complexity index is 1720. The van der Waals surface area contributed by atoms with Gasteiger partial charge in [-0.3, -0.25) is 14.5 Å². The van der Waals surface area contributed by atoms with Crippen molar-refractivity contribution >= 4 is 56.4 Å². The van der Waals surface area contributed by atoms with E-state index in [1.807, 2.05) is 66.0 Å². The molecule has 6 rings (SSSR count). The highest BCUT2D eigenvalue weighted by molar-refractivity contribution is 8.01. The molecule has 0 fully saturated rings. The monoisotopic (exact) mass is 597 g/mol. The maximum Gasteiger partial charge on any atom is 0.236 e. The number of hydrogen-bond acceptors (Lipinski definition) is 11. The molecular weight excluding hydrogens is 575 g/mol. The second-order valence-corrected chi connectivity index (χ2v) is 12.4. The fourth-order valence-electron chi connectivity index (χ4n) is 4.99. The van der Waals surface area contributed by atoms with Crippen LogP contribution in [0.15, 0.2) is 93.0 Å². The van der Waals surface area contributed by atoms with Gasteiger partial charge in [0.25, 0.3) is 0 Å². The van der Waals surface area contributed by atoms with Crippen LogP contribution in [0.5, 0.6) is 0 Å². The molecule has 4 aromatic rings. The second-order valence-electron chi connectivity index (χ2n) is 9.32. The summed E-state index contributed by atoms with van der Waals surface area (Å²) in [6, 6.07) is 21.5. The Hall–Kier alpha value is -4.31. The Labute approximate surface area is 248 Å². The van der Waals surface area contributed by atoms with Crippen LogP contribution in [-0.2, 0) is 9.59 Å². The third-order valence-corrected chi connectivity index (χ3v) is 9.58. The molecule has 0 saturated carbocycles. The maximum atomic E-state index is 13.2. The zero-order chi connectivity index (χ0) is 28.3. The summed E-state index contributed by atoms with van der Waals surface area (Å²) in [7, 11) is 0. The molecule has 2 aliphatic rings. The minimum absolute atomic E-state index is 0.0127. The number of hydrogen-bond donors (Lipinski definition) is 2. The van der Waals surface area contributed by atoms with E-state index in [2.05, 4.69) is 26.6 Å². The van der Waals surface area contributed by atoms with Crippen molar-refractivity contribution in [3.63, 3.8) is 0 Å². The van der Waals surface area contributed by atoms with E-state index in [4.69, 9.17) is 5.73 Å². The lowest BCUT2D eigenvalue weighted by atomic mass is 9.76. The van der Waals surface area contributed by atoms with Crippen LogP contribution in [0.4, 0.5) is 10.3 Å². The van der Waals surface area contributed by atoms with Crippen LogP contribution in [-0.4, -0.2) is 32.6 Å². The molecule has 204 valence electrons. The average Bonchev–Trinajstić information content (AvgIpc) is 3.66. The van der Waals surface area contributed by atoms with Crippen LogP contribution in [0.25, 0.3) is 11.3 Å². The van der Waals surface area contributed by atoms with Gasteiger partial charge in [-0.05, 0) is 18.4 Å². The van der Waals surface area contributed by atoms with Crippen molar-refractivity contribution in [2.75, 3.05) is 16.0 Å². The minimum atomic E-state index is -0.515. The predicted octanol–water partition coefficient (Wildman–Crippen LogP) is 5.70.